The van der Waals surface area contributed by atoms with Gasteiger partial charge in [0.15, 0.2) is 6.61 Å². The molecule has 0 fully saturated rings. The predicted octanol–water partition coefficient (Wildman–Crippen LogP) is 2.76. The molecule has 1 aromatic rings. The number of aromatic nitrogens is 1. The smallest absolute Gasteiger partial charge is 0.433 e. The number of halogens is 3. The van der Waals surface area contributed by atoms with Crippen LogP contribution in [0.5, 0.6) is 5.88 Å². The van der Waals surface area contributed by atoms with Gasteiger partial charge in [0, 0.05) is 6.42 Å². The minimum atomic E-state index is -4.57. The second-order valence-electron chi connectivity index (χ2n) is 3.15. The summed E-state index contributed by atoms with van der Waals surface area (Å²) in [5.74, 6) is 4.93. The van der Waals surface area contributed by atoms with Crippen molar-refractivity contribution in [1.29, 1.82) is 5.26 Å². The number of rotatable bonds is 2. The van der Waals surface area contributed by atoms with Gasteiger partial charge in [-0.15, -0.1) is 5.92 Å². The van der Waals surface area contributed by atoms with E-state index in [1.54, 1.807) is 6.07 Å². The van der Waals surface area contributed by atoms with Gasteiger partial charge in [0.1, 0.15) is 17.3 Å². The fourth-order valence-corrected chi connectivity index (χ4v) is 1.07. The lowest BCUT2D eigenvalue weighted by Crippen LogP contribution is -2.10. The van der Waals surface area contributed by atoms with E-state index in [4.69, 9.17) is 10.00 Å². The monoisotopic (exact) mass is 254 g/mol. The van der Waals surface area contributed by atoms with Gasteiger partial charge in [-0.25, -0.2) is 4.98 Å². The second-order valence-corrected chi connectivity index (χ2v) is 3.15. The minimum Gasteiger partial charge on any atom is -0.464 e. The number of ether oxygens (including phenoxy) is 1. The lowest BCUT2D eigenvalue weighted by molar-refractivity contribution is -0.141. The van der Waals surface area contributed by atoms with Gasteiger partial charge < -0.3 is 4.74 Å². The molecule has 0 aliphatic rings. The Balaban J connectivity index is 2.97. The SMILES string of the molecule is CCC#CCOc1nc(C(F)(F)F)ccc1C#N. The Morgan fingerprint density at radius 1 is 1.33 bits per heavy atom. The van der Waals surface area contributed by atoms with Crippen molar-refractivity contribution in [1.82, 2.24) is 4.98 Å². The Morgan fingerprint density at radius 3 is 2.61 bits per heavy atom. The van der Waals surface area contributed by atoms with E-state index in [1.807, 2.05) is 6.92 Å². The van der Waals surface area contributed by atoms with Crippen molar-refractivity contribution in [2.75, 3.05) is 6.61 Å². The van der Waals surface area contributed by atoms with Crippen molar-refractivity contribution in [2.24, 2.45) is 0 Å². The van der Waals surface area contributed by atoms with E-state index in [0.29, 0.717) is 6.42 Å². The third-order valence-corrected chi connectivity index (χ3v) is 1.85. The Hall–Kier alpha value is -2.21. The Kier molecular flexibility index (Phi) is 4.56. The van der Waals surface area contributed by atoms with Crippen LogP contribution in [-0.2, 0) is 6.18 Å². The summed E-state index contributed by atoms with van der Waals surface area (Å²) in [6.45, 7) is 1.73. The second kappa shape index (κ2) is 5.92. The fourth-order valence-electron chi connectivity index (χ4n) is 1.07. The van der Waals surface area contributed by atoms with E-state index in [2.05, 4.69) is 16.8 Å². The zero-order valence-electron chi connectivity index (χ0n) is 9.51. The first-order valence-electron chi connectivity index (χ1n) is 5.06. The van der Waals surface area contributed by atoms with Crippen molar-refractivity contribution < 1.29 is 17.9 Å². The average molecular weight is 254 g/mol. The van der Waals surface area contributed by atoms with E-state index in [1.165, 1.54) is 0 Å². The van der Waals surface area contributed by atoms with Crippen molar-refractivity contribution in [2.45, 2.75) is 19.5 Å². The fraction of sp³-hybridized carbons (Fsp3) is 0.333. The van der Waals surface area contributed by atoms with Crippen LogP contribution in [0.15, 0.2) is 12.1 Å². The van der Waals surface area contributed by atoms with Gasteiger partial charge in [0.25, 0.3) is 0 Å². The molecule has 0 atom stereocenters. The summed E-state index contributed by atoms with van der Waals surface area (Å²) in [5, 5.41) is 8.73. The highest BCUT2D eigenvalue weighted by molar-refractivity contribution is 5.39. The average Bonchev–Trinajstić information content (AvgIpc) is 2.33. The van der Waals surface area contributed by atoms with Gasteiger partial charge in [-0.1, -0.05) is 12.8 Å². The van der Waals surface area contributed by atoms with Crippen LogP contribution in [0.4, 0.5) is 13.2 Å². The summed E-state index contributed by atoms with van der Waals surface area (Å²) in [6.07, 6.45) is -3.95. The van der Waals surface area contributed by atoms with Crippen molar-refractivity contribution in [3.8, 4) is 23.8 Å². The van der Waals surface area contributed by atoms with Gasteiger partial charge in [-0.3, -0.25) is 0 Å². The van der Waals surface area contributed by atoms with E-state index in [0.717, 1.165) is 12.1 Å². The van der Waals surface area contributed by atoms with Gasteiger partial charge >= 0.3 is 6.18 Å². The highest BCUT2D eigenvalue weighted by Crippen LogP contribution is 2.29. The molecule has 0 saturated heterocycles. The Morgan fingerprint density at radius 2 is 2.06 bits per heavy atom. The number of hydrogen-bond acceptors (Lipinski definition) is 3. The normalized spacial score (nSPS) is 10.2. The minimum absolute atomic E-state index is 0.0544. The summed E-state index contributed by atoms with van der Waals surface area (Å²) in [6, 6.07) is 3.48. The van der Waals surface area contributed by atoms with Crippen molar-refractivity contribution in [3.05, 3.63) is 23.4 Å². The van der Waals surface area contributed by atoms with E-state index >= 15 is 0 Å². The maximum atomic E-state index is 12.4. The first-order valence-corrected chi connectivity index (χ1v) is 5.06. The van der Waals surface area contributed by atoms with Crippen LogP contribution in [0.1, 0.15) is 24.6 Å². The quantitative estimate of drug-likeness (QED) is 0.762. The van der Waals surface area contributed by atoms with Gasteiger partial charge in [-0.05, 0) is 12.1 Å². The molecule has 0 aliphatic heterocycles. The van der Waals surface area contributed by atoms with Crippen LogP contribution in [0, 0.1) is 23.2 Å². The lowest BCUT2D eigenvalue weighted by Gasteiger charge is -2.08. The maximum absolute atomic E-state index is 12.4. The lowest BCUT2D eigenvalue weighted by atomic mass is 10.2. The number of nitriles is 1. The molecular weight excluding hydrogens is 245 g/mol. The highest BCUT2D eigenvalue weighted by Gasteiger charge is 2.33. The van der Waals surface area contributed by atoms with Crippen LogP contribution < -0.4 is 4.74 Å². The number of nitrogens with zero attached hydrogens (tertiary/aromatic N) is 2. The van der Waals surface area contributed by atoms with Gasteiger partial charge in [0.05, 0.1) is 0 Å². The summed E-state index contributed by atoms with van der Waals surface area (Å²) in [5.41, 5.74) is -1.15. The molecule has 0 unspecified atom stereocenters. The van der Waals surface area contributed by atoms with E-state index < -0.39 is 11.9 Å². The molecule has 3 nitrogen and oxygen atoms in total. The number of hydrogen-bond donors (Lipinski definition) is 0. The third-order valence-electron chi connectivity index (χ3n) is 1.85. The first kappa shape index (κ1) is 13.9. The standard InChI is InChI=1S/C12H9F3N2O/c1-2-3-4-7-18-11-9(8-16)5-6-10(17-11)12(13,14)15/h5-6H,2,7H2,1H3. The molecule has 1 heterocycles. The molecule has 94 valence electrons. The summed E-state index contributed by atoms with van der Waals surface area (Å²) < 4.78 is 42.2. The molecule has 0 aliphatic carbocycles. The van der Waals surface area contributed by atoms with Crippen LogP contribution in [0.25, 0.3) is 0 Å². The largest absolute Gasteiger partial charge is 0.464 e. The molecule has 0 spiro atoms. The van der Waals surface area contributed by atoms with Crippen molar-refractivity contribution >= 4 is 0 Å². The predicted molar refractivity (Wildman–Crippen MR) is 57.5 cm³/mol. The molecule has 0 amide bonds. The molecule has 0 aromatic carbocycles. The number of alkyl halides is 3. The zero-order chi connectivity index (χ0) is 13.6. The Labute approximate surface area is 102 Å². The summed E-state index contributed by atoms with van der Waals surface area (Å²) >= 11 is 0. The van der Waals surface area contributed by atoms with Crippen molar-refractivity contribution in [3.63, 3.8) is 0 Å². The molecule has 0 N–H and O–H groups in total. The first-order chi connectivity index (χ1) is 8.49. The summed E-state index contributed by atoms with van der Waals surface area (Å²) in [7, 11) is 0. The molecule has 1 rings (SSSR count). The molecular formula is C12H9F3N2O. The topological polar surface area (TPSA) is 45.9 Å². The summed E-state index contributed by atoms with van der Waals surface area (Å²) in [4.78, 5) is 3.27. The van der Waals surface area contributed by atoms with Gasteiger partial charge in [0.2, 0.25) is 5.88 Å². The van der Waals surface area contributed by atoms with Crippen LogP contribution in [0.2, 0.25) is 0 Å². The van der Waals surface area contributed by atoms with Crippen LogP contribution in [0.3, 0.4) is 0 Å². The van der Waals surface area contributed by atoms with E-state index in [-0.39, 0.29) is 18.1 Å². The molecule has 0 saturated carbocycles. The number of pyridine rings is 1. The molecule has 0 radical (unpaired) electrons. The Bertz CT molecular complexity index is 521. The van der Waals surface area contributed by atoms with Crippen LogP contribution >= 0.6 is 0 Å². The van der Waals surface area contributed by atoms with E-state index in [9.17, 15) is 13.2 Å². The molecule has 1 aromatic heterocycles. The highest BCUT2D eigenvalue weighted by atomic mass is 19.4. The third kappa shape index (κ3) is 3.67. The van der Waals surface area contributed by atoms with Gasteiger partial charge in [-0.2, -0.15) is 18.4 Å². The molecule has 0 bridgehead atoms. The van der Waals surface area contributed by atoms with Crippen LogP contribution in [-0.4, -0.2) is 11.6 Å². The maximum Gasteiger partial charge on any atom is 0.433 e. The molecule has 18 heavy (non-hydrogen) atoms. The molecule has 6 heteroatoms. The zero-order valence-corrected chi connectivity index (χ0v) is 9.51.